The molecule has 1 saturated carbocycles. The Hall–Kier alpha value is -1.06. The SMILES string of the molecule is CCCCN(C1CC1)C(c1ccc(OC)cc1)C(N)CC. The summed E-state index contributed by atoms with van der Waals surface area (Å²) in [4.78, 5) is 2.65. The van der Waals surface area contributed by atoms with Gasteiger partial charge in [-0.2, -0.15) is 0 Å². The summed E-state index contributed by atoms with van der Waals surface area (Å²) < 4.78 is 5.28. The van der Waals surface area contributed by atoms with E-state index in [1.165, 1.54) is 31.2 Å². The first-order chi connectivity index (χ1) is 10.2. The number of unbranched alkanes of at least 4 members (excludes halogenated alkanes) is 1. The van der Waals surface area contributed by atoms with E-state index in [1.54, 1.807) is 7.11 Å². The van der Waals surface area contributed by atoms with Gasteiger partial charge in [-0.15, -0.1) is 0 Å². The molecule has 1 fully saturated rings. The van der Waals surface area contributed by atoms with Crippen LogP contribution < -0.4 is 10.5 Å². The van der Waals surface area contributed by atoms with Crippen LogP contribution in [-0.4, -0.2) is 30.6 Å². The zero-order valence-electron chi connectivity index (χ0n) is 13.7. The van der Waals surface area contributed by atoms with E-state index in [-0.39, 0.29) is 6.04 Å². The van der Waals surface area contributed by atoms with E-state index in [0.29, 0.717) is 6.04 Å². The molecule has 0 bridgehead atoms. The largest absolute Gasteiger partial charge is 0.497 e. The Morgan fingerprint density at radius 3 is 2.38 bits per heavy atom. The molecule has 2 unspecified atom stereocenters. The third kappa shape index (κ3) is 4.21. The fourth-order valence-corrected chi connectivity index (χ4v) is 3.00. The Labute approximate surface area is 129 Å². The molecule has 0 saturated heterocycles. The molecule has 2 rings (SSSR count). The molecule has 0 aromatic heterocycles. The molecule has 21 heavy (non-hydrogen) atoms. The summed E-state index contributed by atoms with van der Waals surface area (Å²) in [5.74, 6) is 0.911. The topological polar surface area (TPSA) is 38.5 Å². The summed E-state index contributed by atoms with van der Waals surface area (Å²) in [5, 5.41) is 0. The maximum atomic E-state index is 6.49. The number of hydrogen-bond acceptors (Lipinski definition) is 3. The van der Waals surface area contributed by atoms with E-state index in [2.05, 4.69) is 43.0 Å². The zero-order chi connectivity index (χ0) is 15.2. The minimum atomic E-state index is 0.191. The van der Waals surface area contributed by atoms with Gasteiger partial charge in [0.15, 0.2) is 0 Å². The van der Waals surface area contributed by atoms with Crippen LogP contribution in [0.2, 0.25) is 0 Å². The highest BCUT2D eigenvalue weighted by Gasteiger charge is 2.36. The smallest absolute Gasteiger partial charge is 0.118 e. The summed E-state index contributed by atoms with van der Waals surface area (Å²) >= 11 is 0. The van der Waals surface area contributed by atoms with Crippen molar-refractivity contribution in [2.75, 3.05) is 13.7 Å². The lowest BCUT2D eigenvalue weighted by Crippen LogP contribution is -2.42. The van der Waals surface area contributed by atoms with Crippen molar-refractivity contribution >= 4 is 0 Å². The Morgan fingerprint density at radius 2 is 1.90 bits per heavy atom. The molecule has 2 atom stereocenters. The zero-order valence-corrected chi connectivity index (χ0v) is 13.7. The van der Waals surface area contributed by atoms with Crippen LogP contribution in [-0.2, 0) is 0 Å². The quantitative estimate of drug-likeness (QED) is 0.753. The van der Waals surface area contributed by atoms with Crippen LogP contribution in [0.5, 0.6) is 5.75 Å². The average molecular weight is 290 g/mol. The van der Waals surface area contributed by atoms with Gasteiger partial charge >= 0.3 is 0 Å². The highest BCUT2D eigenvalue weighted by molar-refractivity contribution is 5.30. The summed E-state index contributed by atoms with van der Waals surface area (Å²) in [6.07, 6.45) is 6.14. The highest BCUT2D eigenvalue weighted by Crippen LogP contribution is 2.37. The minimum absolute atomic E-state index is 0.191. The Bertz CT molecular complexity index is 414. The lowest BCUT2D eigenvalue weighted by molar-refractivity contribution is 0.157. The Morgan fingerprint density at radius 1 is 1.24 bits per heavy atom. The van der Waals surface area contributed by atoms with Crippen LogP contribution in [0.4, 0.5) is 0 Å². The second-order valence-corrected chi connectivity index (χ2v) is 6.11. The van der Waals surface area contributed by atoms with Crippen LogP contribution >= 0.6 is 0 Å². The van der Waals surface area contributed by atoms with Crippen molar-refractivity contribution in [3.8, 4) is 5.75 Å². The number of nitrogens with two attached hydrogens (primary N) is 1. The van der Waals surface area contributed by atoms with Gasteiger partial charge < -0.3 is 10.5 Å². The number of ether oxygens (including phenoxy) is 1. The predicted molar refractivity (Wildman–Crippen MR) is 88.6 cm³/mol. The van der Waals surface area contributed by atoms with Gasteiger partial charge in [0, 0.05) is 12.1 Å². The van der Waals surface area contributed by atoms with Gasteiger partial charge in [0.05, 0.1) is 13.2 Å². The lowest BCUT2D eigenvalue weighted by atomic mass is 9.95. The van der Waals surface area contributed by atoms with E-state index >= 15 is 0 Å². The van der Waals surface area contributed by atoms with Gasteiger partial charge in [-0.1, -0.05) is 32.4 Å². The van der Waals surface area contributed by atoms with Gasteiger partial charge in [0.1, 0.15) is 5.75 Å². The minimum Gasteiger partial charge on any atom is -0.497 e. The van der Waals surface area contributed by atoms with Crippen molar-refractivity contribution in [2.24, 2.45) is 5.73 Å². The van der Waals surface area contributed by atoms with Crippen molar-refractivity contribution in [2.45, 2.75) is 64.1 Å². The lowest BCUT2D eigenvalue weighted by Gasteiger charge is -2.36. The molecule has 1 aliphatic rings. The number of rotatable bonds is 9. The van der Waals surface area contributed by atoms with E-state index in [9.17, 15) is 0 Å². The van der Waals surface area contributed by atoms with Gasteiger partial charge in [0.2, 0.25) is 0 Å². The Kier molecular flexibility index (Phi) is 6.07. The molecule has 0 heterocycles. The summed E-state index contributed by atoms with van der Waals surface area (Å²) in [6.45, 7) is 5.60. The summed E-state index contributed by atoms with van der Waals surface area (Å²) in [7, 11) is 1.71. The third-order valence-electron chi connectivity index (χ3n) is 4.48. The van der Waals surface area contributed by atoms with Gasteiger partial charge in [-0.3, -0.25) is 4.90 Å². The van der Waals surface area contributed by atoms with Crippen LogP contribution in [0.3, 0.4) is 0 Å². The maximum absolute atomic E-state index is 6.49. The molecule has 3 nitrogen and oxygen atoms in total. The van der Waals surface area contributed by atoms with E-state index < -0.39 is 0 Å². The van der Waals surface area contributed by atoms with Crippen molar-refractivity contribution < 1.29 is 4.74 Å². The Balaban J connectivity index is 2.22. The fraction of sp³-hybridized carbons (Fsp3) is 0.667. The molecule has 118 valence electrons. The summed E-state index contributed by atoms with van der Waals surface area (Å²) in [6, 6.07) is 9.73. The fourth-order valence-electron chi connectivity index (χ4n) is 3.00. The third-order valence-corrected chi connectivity index (χ3v) is 4.48. The van der Waals surface area contributed by atoms with Crippen LogP contribution in [0.25, 0.3) is 0 Å². The number of benzene rings is 1. The number of nitrogens with zero attached hydrogens (tertiary/aromatic N) is 1. The molecule has 1 aromatic rings. The predicted octanol–water partition coefficient (Wildman–Crippen LogP) is 3.74. The summed E-state index contributed by atoms with van der Waals surface area (Å²) in [5.41, 5.74) is 7.81. The van der Waals surface area contributed by atoms with Gasteiger partial charge in [-0.25, -0.2) is 0 Å². The van der Waals surface area contributed by atoms with Crippen molar-refractivity contribution in [1.29, 1.82) is 0 Å². The normalized spacial score (nSPS) is 17.8. The first-order valence-corrected chi connectivity index (χ1v) is 8.36. The van der Waals surface area contributed by atoms with Crippen molar-refractivity contribution in [3.05, 3.63) is 29.8 Å². The molecule has 1 aliphatic carbocycles. The monoisotopic (exact) mass is 290 g/mol. The van der Waals surface area contributed by atoms with Crippen LogP contribution in [0.1, 0.15) is 57.6 Å². The number of hydrogen-bond donors (Lipinski definition) is 1. The molecule has 0 amide bonds. The molecular weight excluding hydrogens is 260 g/mol. The van der Waals surface area contributed by atoms with E-state index in [4.69, 9.17) is 10.5 Å². The molecule has 1 aromatic carbocycles. The van der Waals surface area contributed by atoms with Crippen LogP contribution in [0.15, 0.2) is 24.3 Å². The van der Waals surface area contributed by atoms with Crippen LogP contribution in [0, 0.1) is 0 Å². The highest BCUT2D eigenvalue weighted by atomic mass is 16.5. The standard InChI is InChI=1S/C18H30N2O/c1-4-6-13-20(15-9-10-15)18(17(19)5-2)14-7-11-16(21-3)12-8-14/h7-8,11-12,15,17-18H,4-6,9-10,13,19H2,1-3H3. The first-order valence-electron chi connectivity index (χ1n) is 8.36. The maximum Gasteiger partial charge on any atom is 0.118 e. The second-order valence-electron chi connectivity index (χ2n) is 6.11. The molecular formula is C18H30N2O. The van der Waals surface area contributed by atoms with Crippen molar-refractivity contribution in [1.82, 2.24) is 4.90 Å². The van der Waals surface area contributed by atoms with E-state index in [0.717, 1.165) is 24.8 Å². The molecule has 2 N–H and O–H groups in total. The average Bonchev–Trinajstić information content (AvgIpc) is 3.35. The number of methoxy groups -OCH3 is 1. The molecule has 0 aliphatic heterocycles. The molecule has 0 spiro atoms. The van der Waals surface area contributed by atoms with Gasteiger partial charge in [0.25, 0.3) is 0 Å². The van der Waals surface area contributed by atoms with Crippen molar-refractivity contribution in [3.63, 3.8) is 0 Å². The van der Waals surface area contributed by atoms with E-state index in [1.807, 2.05) is 0 Å². The molecule has 3 heteroatoms. The second kappa shape index (κ2) is 7.81. The first kappa shape index (κ1) is 16.3. The molecule has 0 radical (unpaired) electrons. The van der Waals surface area contributed by atoms with Gasteiger partial charge in [-0.05, 0) is 49.9 Å².